The van der Waals surface area contributed by atoms with E-state index in [0.717, 1.165) is 15.7 Å². The Bertz CT molecular complexity index is 876. The summed E-state index contributed by atoms with van der Waals surface area (Å²) in [5.74, 6) is -0.178. The molecule has 3 nitrogen and oxygen atoms in total. The molecule has 0 aliphatic heterocycles. The van der Waals surface area contributed by atoms with Gasteiger partial charge in [0.1, 0.15) is 0 Å². The number of hydrogen-bond donors (Lipinski definition) is 1. The Morgan fingerprint density at radius 2 is 1.67 bits per heavy atom. The third-order valence-electron chi connectivity index (χ3n) is 3.38. The predicted molar refractivity (Wildman–Crippen MR) is 102 cm³/mol. The van der Waals surface area contributed by atoms with Gasteiger partial charge in [0.2, 0.25) is 0 Å². The number of rotatable bonds is 4. The van der Waals surface area contributed by atoms with Crippen LogP contribution in [-0.4, -0.2) is 12.1 Å². The Balaban J connectivity index is 1.84. The molecule has 0 saturated carbocycles. The zero-order chi connectivity index (χ0) is 16.8. The second kappa shape index (κ2) is 7.70. The zero-order valence-electron chi connectivity index (χ0n) is 12.8. The van der Waals surface area contributed by atoms with E-state index in [9.17, 15) is 4.79 Å². The maximum atomic E-state index is 12.5. The van der Waals surface area contributed by atoms with Gasteiger partial charge in [-0.3, -0.25) is 9.79 Å². The summed E-state index contributed by atoms with van der Waals surface area (Å²) in [5.41, 5.74) is 2.88. The molecule has 0 bridgehead atoms. The summed E-state index contributed by atoms with van der Waals surface area (Å²) in [6.07, 6.45) is 1.75. The van der Waals surface area contributed by atoms with Crippen molar-refractivity contribution < 1.29 is 4.79 Å². The van der Waals surface area contributed by atoms with E-state index >= 15 is 0 Å². The predicted octanol–water partition coefficient (Wildman–Crippen LogP) is 5.45. The van der Waals surface area contributed by atoms with Crippen molar-refractivity contribution in [2.24, 2.45) is 4.99 Å². The highest BCUT2D eigenvalue weighted by molar-refractivity contribution is 9.10. The normalized spacial score (nSPS) is 10.7. The first-order chi connectivity index (χ1) is 11.7. The first-order valence-electron chi connectivity index (χ1n) is 7.47. The van der Waals surface area contributed by atoms with Gasteiger partial charge in [0.05, 0.1) is 11.3 Å². The van der Waals surface area contributed by atoms with Gasteiger partial charge in [0, 0.05) is 16.4 Å². The SMILES string of the molecule is O=C(Nc1ccccc1)c1ccccc1N=Cc1cccc(Br)c1. The van der Waals surface area contributed by atoms with Gasteiger partial charge in [-0.05, 0) is 42.0 Å². The number of benzene rings is 3. The maximum absolute atomic E-state index is 12.5. The molecule has 0 aliphatic rings. The third-order valence-corrected chi connectivity index (χ3v) is 3.87. The minimum absolute atomic E-state index is 0.178. The lowest BCUT2D eigenvalue weighted by molar-refractivity contribution is 0.102. The number of anilines is 1. The van der Waals surface area contributed by atoms with Gasteiger partial charge >= 0.3 is 0 Å². The second-order valence-corrected chi connectivity index (χ2v) is 6.07. The number of para-hydroxylation sites is 2. The molecule has 0 unspecified atom stereocenters. The maximum Gasteiger partial charge on any atom is 0.257 e. The topological polar surface area (TPSA) is 41.5 Å². The van der Waals surface area contributed by atoms with Crippen molar-refractivity contribution in [1.29, 1.82) is 0 Å². The summed E-state index contributed by atoms with van der Waals surface area (Å²) in [4.78, 5) is 17.0. The molecule has 4 heteroatoms. The monoisotopic (exact) mass is 378 g/mol. The van der Waals surface area contributed by atoms with E-state index in [1.165, 1.54) is 0 Å². The highest BCUT2D eigenvalue weighted by Gasteiger charge is 2.10. The van der Waals surface area contributed by atoms with Crippen LogP contribution in [0.1, 0.15) is 15.9 Å². The van der Waals surface area contributed by atoms with Crippen molar-refractivity contribution in [1.82, 2.24) is 0 Å². The van der Waals surface area contributed by atoms with Crippen LogP contribution in [0.3, 0.4) is 0 Å². The minimum Gasteiger partial charge on any atom is -0.322 e. The molecular formula is C20H15BrN2O. The van der Waals surface area contributed by atoms with Gasteiger partial charge in [0.15, 0.2) is 0 Å². The van der Waals surface area contributed by atoms with Crippen LogP contribution >= 0.6 is 15.9 Å². The zero-order valence-corrected chi connectivity index (χ0v) is 14.4. The molecule has 1 N–H and O–H groups in total. The summed E-state index contributed by atoms with van der Waals surface area (Å²) >= 11 is 3.44. The minimum atomic E-state index is -0.178. The molecule has 3 rings (SSSR count). The van der Waals surface area contributed by atoms with Crippen molar-refractivity contribution in [3.8, 4) is 0 Å². The van der Waals surface area contributed by atoms with Crippen LogP contribution < -0.4 is 5.32 Å². The van der Waals surface area contributed by atoms with Gasteiger partial charge in [-0.25, -0.2) is 0 Å². The van der Waals surface area contributed by atoms with Crippen LogP contribution in [0.5, 0.6) is 0 Å². The third kappa shape index (κ3) is 4.18. The number of halogens is 1. The Labute approximate surface area is 149 Å². The molecule has 3 aromatic carbocycles. The molecule has 0 radical (unpaired) electrons. The molecule has 24 heavy (non-hydrogen) atoms. The number of nitrogens with one attached hydrogen (secondary N) is 1. The number of aliphatic imine (C=N–C) groups is 1. The largest absolute Gasteiger partial charge is 0.322 e. The van der Waals surface area contributed by atoms with E-state index in [4.69, 9.17) is 0 Å². The smallest absolute Gasteiger partial charge is 0.257 e. The number of amides is 1. The fraction of sp³-hybridized carbons (Fsp3) is 0. The Morgan fingerprint density at radius 1 is 0.917 bits per heavy atom. The molecule has 118 valence electrons. The molecule has 0 atom stereocenters. The lowest BCUT2D eigenvalue weighted by Gasteiger charge is -2.07. The highest BCUT2D eigenvalue weighted by atomic mass is 79.9. The first kappa shape index (κ1) is 16.1. The number of hydrogen-bond acceptors (Lipinski definition) is 2. The van der Waals surface area contributed by atoms with Crippen LogP contribution in [0.15, 0.2) is 88.3 Å². The van der Waals surface area contributed by atoms with Crippen molar-refractivity contribution in [2.75, 3.05) is 5.32 Å². The van der Waals surface area contributed by atoms with Gasteiger partial charge < -0.3 is 5.32 Å². The first-order valence-corrected chi connectivity index (χ1v) is 8.27. The van der Waals surface area contributed by atoms with E-state index in [-0.39, 0.29) is 5.91 Å². The molecule has 0 aromatic heterocycles. The van der Waals surface area contributed by atoms with Gasteiger partial charge in [-0.1, -0.05) is 58.4 Å². The molecule has 0 heterocycles. The van der Waals surface area contributed by atoms with Crippen molar-refractivity contribution in [2.45, 2.75) is 0 Å². The molecule has 0 fully saturated rings. The molecular weight excluding hydrogens is 364 g/mol. The summed E-state index contributed by atoms with van der Waals surface area (Å²) in [5, 5.41) is 2.89. The summed E-state index contributed by atoms with van der Waals surface area (Å²) in [7, 11) is 0. The van der Waals surface area contributed by atoms with Crippen molar-refractivity contribution in [3.05, 3.63) is 94.5 Å². The average molecular weight is 379 g/mol. The lowest BCUT2D eigenvalue weighted by atomic mass is 10.1. The van der Waals surface area contributed by atoms with Crippen LogP contribution in [0.4, 0.5) is 11.4 Å². The quantitative estimate of drug-likeness (QED) is 0.602. The Hall–Kier alpha value is -2.72. The van der Waals surface area contributed by atoms with Crippen LogP contribution in [0.2, 0.25) is 0 Å². The van der Waals surface area contributed by atoms with E-state index in [0.29, 0.717) is 11.3 Å². The summed E-state index contributed by atoms with van der Waals surface area (Å²) in [6, 6.07) is 24.5. The van der Waals surface area contributed by atoms with Gasteiger partial charge in [-0.15, -0.1) is 0 Å². The molecule has 0 saturated heterocycles. The van der Waals surface area contributed by atoms with Crippen molar-refractivity contribution in [3.63, 3.8) is 0 Å². The van der Waals surface area contributed by atoms with Gasteiger partial charge in [-0.2, -0.15) is 0 Å². The second-order valence-electron chi connectivity index (χ2n) is 5.15. The van der Waals surface area contributed by atoms with Crippen molar-refractivity contribution >= 4 is 39.4 Å². The fourth-order valence-corrected chi connectivity index (χ4v) is 2.65. The highest BCUT2D eigenvalue weighted by Crippen LogP contribution is 2.20. The average Bonchev–Trinajstić information content (AvgIpc) is 2.61. The molecule has 1 amide bonds. The molecule has 0 aliphatic carbocycles. The van der Waals surface area contributed by atoms with E-state index in [2.05, 4.69) is 26.2 Å². The standard InChI is InChI=1S/C20H15BrN2O/c21-16-8-6-7-15(13-16)14-22-19-12-5-4-11-18(19)20(24)23-17-9-2-1-3-10-17/h1-14H,(H,23,24). The Kier molecular flexibility index (Phi) is 5.18. The van der Waals surface area contributed by atoms with E-state index in [1.54, 1.807) is 12.3 Å². The fourth-order valence-electron chi connectivity index (χ4n) is 2.23. The van der Waals surface area contributed by atoms with Crippen LogP contribution in [0.25, 0.3) is 0 Å². The van der Waals surface area contributed by atoms with Crippen LogP contribution in [0, 0.1) is 0 Å². The number of nitrogens with zero attached hydrogens (tertiary/aromatic N) is 1. The number of carbonyl (C=O) groups is 1. The lowest BCUT2D eigenvalue weighted by Crippen LogP contribution is -2.11. The molecule has 3 aromatic rings. The van der Waals surface area contributed by atoms with Crippen LogP contribution in [-0.2, 0) is 0 Å². The van der Waals surface area contributed by atoms with E-state index in [1.807, 2.05) is 72.8 Å². The summed E-state index contributed by atoms with van der Waals surface area (Å²) in [6.45, 7) is 0. The van der Waals surface area contributed by atoms with E-state index < -0.39 is 0 Å². The number of carbonyl (C=O) groups excluding carboxylic acids is 1. The Morgan fingerprint density at radius 3 is 2.46 bits per heavy atom. The summed E-state index contributed by atoms with van der Waals surface area (Å²) < 4.78 is 0.988. The molecule has 0 spiro atoms. The van der Waals surface area contributed by atoms with Gasteiger partial charge in [0.25, 0.3) is 5.91 Å².